The van der Waals surface area contributed by atoms with E-state index in [-0.39, 0.29) is 10.7 Å². The first kappa shape index (κ1) is 21.2. The maximum atomic E-state index is 13.0. The smallest absolute Gasteiger partial charge is 0.321 e. The van der Waals surface area contributed by atoms with Crippen LogP contribution in [0.3, 0.4) is 0 Å². The van der Waals surface area contributed by atoms with E-state index < -0.39 is 35.0 Å². The predicted molar refractivity (Wildman–Crippen MR) is 104 cm³/mol. The Labute approximate surface area is 169 Å². The number of Topliss-reactive ketones (excluding diaryl/α,β-unsaturated/α-hetero) is 1. The van der Waals surface area contributed by atoms with Crippen molar-refractivity contribution >= 4 is 21.8 Å². The van der Waals surface area contributed by atoms with Gasteiger partial charge in [0.25, 0.3) is 0 Å². The summed E-state index contributed by atoms with van der Waals surface area (Å²) in [6, 6.07) is 6.50. The molecule has 9 heteroatoms. The minimum atomic E-state index is -3.98. The second-order valence-corrected chi connectivity index (χ2v) is 9.23. The van der Waals surface area contributed by atoms with Gasteiger partial charge in [0.2, 0.25) is 15.8 Å². The fraction of sp³-hybridized carbons (Fsp3) is 0.400. The Morgan fingerprint density at radius 1 is 1.21 bits per heavy atom. The van der Waals surface area contributed by atoms with E-state index in [0.717, 1.165) is 52.8 Å². The average molecular weight is 422 g/mol. The van der Waals surface area contributed by atoms with Gasteiger partial charge in [0, 0.05) is 30.0 Å². The van der Waals surface area contributed by atoms with Crippen LogP contribution in [0.5, 0.6) is 0 Å². The number of sulfonamides is 1. The summed E-state index contributed by atoms with van der Waals surface area (Å²) in [6.07, 6.45) is 2.18. The molecule has 1 aromatic heterocycles. The molecule has 1 fully saturated rings. The van der Waals surface area contributed by atoms with Gasteiger partial charge in [-0.2, -0.15) is 4.31 Å². The summed E-state index contributed by atoms with van der Waals surface area (Å²) in [5.74, 6) is -1.74. The molecule has 156 valence electrons. The Balaban J connectivity index is 1.59. The van der Waals surface area contributed by atoms with E-state index in [2.05, 4.69) is 4.57 Å². The van der Waals surface area contributed by atoms with Gasteiger partial charge in [-0.1, -0.05) is 0 Å². The van der Waals surface area contributed by atoms with E-state index >= 15 is 0 Å². The number of nitrogens with zero attached hydrogens (tertiary/aromatic N) is 2. The van der Waals surface area contributed by atoms with Crippen molar-refractivity contribution in [1.82, 2.24) is 8.87 Å². The minimum Gasteiger partial charge on any atom is -0.456 e. The van der Waals surface area contributed by atoms with Gasteiger partial charge in [-0.05, 0) is 57.0 Å². The summed E-state index contributed by atoms with van der Waals surface area (Å²) in [4.78, 5) is 24.4. The van der Waals surface area contributed by atoms with Gasteiger partial charge in [-0.15, -0.1) is 0 Å². The number of aryl methyl sites for hydroxylation is 1. The Kier molecular flexibility index (Phi) is 5.90. The Bertz CT molecular complexity index is 1040. The molecule has 0 N–H and O–H groups in total. The van der Waals surface area contributed by atoms with Crippen LogP contribution in [0.15, 0.2) is 35.2 Å². The first-order valence-electron chi connectivity index (χ1n) is 9.20. The van der Waals surface area contributed by atoms with Gasteiger partial charge in [0.1, 0.15) is 12.4 Å². The molecule has 0 saturated heterocycles. The summed E-state index contributed by atoms with van der Waals surface area (Å²) >= 11 is 0. The van der Waals surface area contributed by atoms with Crippen molar-refractivity contribution in [2.45, 2.75) is 37.6 Å². The molecule has 0 bridgehead atoms. The van der Waals surface area contributed by atoms with E-state index in [9.17, 15) is 22.4 Å². The molecule has 1 aromatic carbocycles. The molecule has 0 spiro atoms. The van der Waals surface area contributed by atoms with Gasteiger partial charge < -0.3 is 9.30 Å². The van der Waals surface area contributed by atoms with Crippen molar-refractivity contribution < 1.29 is 27.1 Å². The number of likely N-dealkylation sites (N-methyl/N-ethyl adjacent to an activating group) is 1. The molecule has 0 unspecified atom stereocenters. The predicted octanol–water partition coefficient (Wildman–Crippen LogP) is 2.63. The second kappa shape index (κ2) is 8.08. The standard InChI is InChI=1S/C20H23FN2O5S/c1-13-10-18(14(2)23(13)16-6-7-16)19(24)12-28-20(25)11-22(3)29(26,27)17-8-4-15(21)5-9-17/h4-5,8-10,16H,6-7,11-12H2,1-3H3. The molecule has 0 aliphatic heterocycles. The van der Waals surface area contributed by atoms with Crippen LogP contribution >= 0.6 is 0 Å². The van der Waals surface area contributed by atoms with Crippen molar-refractivity contribution in [3.63, 3.8) is 0 Å². The van der Waals surface area contributed by atoms with Gasteiger partial charge >= 0.3 is 5.97 Å². The molecule has 3 rings (SSSR count). The van der Waals surface area contributed by atoms with Crippen molar-refractivity contribution in [2.24, 2.45) is 0 Å². The Morgan fingerprint density at radius 3 is 2.41 bits per heavy atom. The van der Waals surface area contributed by atoms with Crippen LogP contribution < -0.4 is 0 Å². The normalized spacial score (nSPS) is 14.2. The zero-order valence-corrected chi connectivity index (χ0v) is 17.3. The fourth-order valence-electron chi connectivity index (χ4n) is 3.28. The highest BCUT2D eigenvalue weighted by molar-refractivity contribution is 7.89. The summed E-state index contributed by atoms with van der Waals surface area (Å²) in [5.41, 5.74) is 2.35. The number of ether oxygens (including phenoxy) is 1. The number of hydrogen-bond donors (Lipinski definition) is 0. The number of aromatic nitrogens is 1. The highest BCUT2D eigenvalue weighted by Gasteiger charge is 2.29. The molecular formula is C20H23FN2O5S. The van der Waals surface area contributed by atoms with E-state index in [1.165, 1.54) is 7.05 Å². The number of halogens is 1. The fourth-order valence-corrected chi connectivity index (χ4v) is 4.39. The maximum absolute atomic E-state index is 13.0. The van der Waals surface area contributed by atoms with Crippen LogP contribution in [-0.4, -0.2) is 49.2 Å². The third-order valence-corrected chi connectivity index (χ3v) is 6.75. The molecule has 1 saturated carbocycles. The van der Waals surface area contributed by atoms with Gasteiger partial charge in [0.05, 0.1) is 4.90 Å². The number of hydrogen-bond acceptors (Lipinski definition) is 5. The lowest BCUT2D eigenvalue weighted by atomic mass is 10.1. The molecular weight excluding hydrogens is 399 g/mol. The van der Waals surface area contributed by atoms with Crippen LogP contribution in [-0.2, 0) is 19.6 Å². The number of carbonyl (C=O) groups is 2. The Hall–Kier alpha value is -2.52. The van der Waals surface area contributed by atoms with E-state index in [1.807, 2.05) is 13.8 Å². The summed E-state index contributed by atoms with van der Waals surface area (Å²) < 4.78 is 45.7. The molecule has 1 aliphatic carbocycles. The number of carbonyl (C=O) groups excluding carboxylic acids is 2. The molecule has 1 aliphatic rings. The van der Waals surface area contributed by atoms with Crippen molar-refractivity contribution in [2.75, 3.05) is 20.2 Å². The van der Waals surface area contributed by atoms with Crippen molar-refractivity contribution in [3.05, 3.63) is 53.1 Å². The van der Waals surface area contributed by atoms with E-state index in [4.69, 9.17) is 4.74 Å². The molecule has 0 radical (unpaired) electrons. The van der Waals surface area contributed by atoms with Crippen molar-refractivity contribution in [1.29, 1.82) is 0 Å². The van der Waals surface area contributed by atoms with Gasteiger partial charge in [-0.3, -0.25) is 9.59 Å². The molecule has 1 heterocycles. The monoisotopic (exact) mass is 422 g/mol. The molecule has 0 amide bonds. The number of rotatable bonds is 8. The largest absolute Gasteiger partial charge is 0.456 e. The third kappa shape index (κ3) is 4.56. The number of ketones is 1. The lowest BCUT2D eigenvalue weighted by Crippen LogP contribution is -2.33. The SMILES string of the molecule is Cc1cc(C(=O)COC(=O)CN(C)S(=O)(=O)c2ccc(F)cc2)c(C)n1C1CC1. The third-order valence-electron chi connectivity index (χ3n) is 4.93. The lowest BCUT2D eigenvalue weighted by molar-refractivity contribution is -0.142. The Morgan fingerprint density at radius 2 is 1.83 bits per heavy atom. The number of esters is 1. The van der Waals surface area contributed by atoms with E-state index in [0.29, 0.717) is 11.6 Å². The zero-order valence-electron chi connectivity index (χ0n) is 16.5. The quantitative estimate of drug-likeness (QED) is 0.482. The first-order chi connectivity index (χ1) is 13.6. The van der Waals surface area contributed by atoms with Crippen LogP contribution in [0, 0.1) is 19.7 Å². The first-order valence-corrected chi connectivity index (χ1v) is 10.6. The topological polar surface area (TPSA) is 85.7 Å². The summed E-state index contributed by atoms with van der Waals surface area (Å²) in [5, 5.41) is 0. The summed E-state index contributed by atoms with van der Waals surface area (Å²) in [7, 11) is -2.76. The van der Waals surface area contributed by atoms with Crippen LogP contribution in [0.4, 0.5) is 4.39 Å². The average Bonchev–Trinajstić information content (AvgIpc) is 3.44. The van der Waals surface area contributed by atoms with Crippen LogP contribution in [0.2, 0.25) is 0 Å². The van der Waals surface area contributed by atoms with Crippen LogP contribution in [0.1, 0.15) is 40.6 Å². The highest BCUT2D eigenvalue weighted by Crippen LogP contribution is 2.38. The molecule has 2 aromatic rings. The maximum Gasteiger partial charge on any atom is 0.321 e. The minimum absolute atomic E-state index is 0.141. The second-order valence-electron chi connectivity index (χ2n) is 7.18. The zero-order chi connectivity index (χ0) is 21.3. The summed E-state index contributed by atoms with van der Waals surface area (Å²) in [6.45, 7) is 2.78. The van der Waals surface area contributed by atoms with Crippen molar-refractivity contribution in [3.8, 4) is 0 Å². The molecule has 0 atom stereocenters. The molecule has 29 heavy (non-hydrogen) atoms. The molecule has 7 nitrogen and oxygen atoms in total. The highest BCUT2D eigenvalue weighted by atomic mass is 32.2. The van der Waals surface area contributed by atoms with Crippen LogP contribution in [0.25, 0.3) is 0 Å². The van der Waals surface area contributed by atoms with Gasteiger partial charge in [-0.25, -0.2) is 12.8 Å². The number of benzene rings is 1. The lowest BCUT2D eigenvalue weighted by Gasteiger charge is -2.16. The van der Waals surface area contributed by atoms with E-state index in [1.54, 1.807) is 6.07 Å². The van der Waals surface area contributed by atoms with Gasteiger partial charge in [0.15, 0.2) is 6.61 Å².